The highest BCUT2D eigenvalue weighted by atomic mass is 15.2. The smallest absolute Gasteiger partial charge is 0.207 e. The molecule has 0 spiro atoms. The summed E-state index contributed by atoms with van der Waals surface area (Å²) < 4.78 is 2.25. The molecule has 0 aliphatic heterocycles. The lowest BCUT2D eigenvalue weighted by Crippen LogP contribution is -2.14. The third-order valence-electron chi connectivity index (χ3n) is 3.79. The van der Waals surface area contributed by atoms with E-state index in [1.807, 2.05) is 25.1 Å². The summed E-state index contributed by atoms with van der Waals surface area (Å²) in [4.78, 5) is 4.60. The average molecular weight is 257 g/mol. The number of rotatable bonds is 5. The SMILES string of the molecule is CCC(C)C(C)n1cc(C)nc1Nc1ccccc1. The van der Waals surface area contributed by atoms with Crippen LogP contribution < -0.4 is 5.32 Å². The van der Waals surface area contributed by atoms with Crippen molar-refractivity contribution in [2.45, 2.75) is 40.2 Å². The zero-order valence-corrected chi connectivity index (χ0v) is 12.2. The highest BCUT2D eigenvalue weighted by Gasteiger charge is 2.16. The summed E-state index contributed by atoms with van der Waals surface area (Å²) in [5.74, 6) is 1.56. The highest BCUT2D eigenvalue weighted by molar-refractivity contribution is 5.53. The van der Waals surface area contributed by atoms with Crippen molar-refractivity contribution >= 4 is 11.6 Å². The Morgan fingerprint density at radius 2 is 1.89 bits per heavy atom. The van der Waals surface area contributed by atoms with E-state index in [2.05, 4.69) is 54.0 Å². The van der Waals surface area contributed by atoms with Crippen LogP contribution in [0.2, 0.25) is 0 Å². The van der Waals surface area contributed by atoms with Crippen LogP contribution in [0, 0.1) is 12.8 Å². The molecule has 0 fully saturated rings. The molecule has 2 unspecified atom stereocenters. The Balaban J connectivity index is 2.26. The van der Waals surface area contributed by atoms with Crippen molar-refractivity contribution in [3.8, 4) is 0 Å². The molecule has 3 heteroatoms. The number of benzene rings is 1. The van der Waals surface area contributed by atoms with E-state index in [1.54, 1.807) is 0 Å². The van der Waals surface area contributed by atoms with Crippen molar-refractivity contribution in [3.05, 3.63) is 42.2 Å². The Kier molecular flexibility index (Phi) is 4.25. The molecule has 2 atom stereocenters. The summed E-state index contributed by atoms with van der Waals surface area (Å²) in [5, 5.41) is 3.41. The van der Waals surface area contributed by atoms with E-state index in [9.17, 15) is 0 Å². The van der Waals surface area contributed by atoms with Gasteiger partial charge in [-0.3, -0.25) is 0 Å². The maximum atomic E-state index is 4.60. The fourth-order valence-corrected chi connectivity index (χ4v) is 2.18. The summed E-state index contributed by atoms with van der Waals surface area (Å²) in [7, 11) is 0. The summed E-state index contributed by atoms with van der Waals surface area (Å²) >= 11 is 0. The van der Waals surface area contributed by atoms with Crippen LogP contribution in [0.1, 0.15) is 38.9 Å². The largest absolute Gasteiger partial charge is 0.326 e. The average Bonchev–Trinajstić information content (AvgIpc) is 2.79. The molecule has 1 aromatic heterocycles. The predicted molar refractivity (Wildman–Crippen MR) is 80.9 cm³/mol. The van der Waals surface area contributed by atoms with Crippen LogP contribution in [0.3, 0.4) is 0 Å². The van der Waals surface area contributed by atoms with Crippen LogP contribution in [0.25, 0.3) is 0 Å². The minimum atomic E-state index is 0.442. The molecule has 0 amide bonds. The van der Waals surface area contributed by atoms with Gasteiger partial charge in [-0.05, 0) is 31.9 Å². The van der Waals surface area contributed by atoms with Crippen LogP contribution in [0.4, 0.5) is 11.6 Å². The third-order valence-corrected chi connectivity index (χ3v) is 3.79. The minimum Gasteiger partial charge on any atom is -0.326 e. The lowest BCUT2D eigenvalue weighted by Gasteiger charge is -2.22. The van der Waals surface area contributed by atoms with E-state index < -0.39 is 0 Å². The van der Waals surface area contributed by atoms with Gasteiger partial charge in [-0.15, -0.1) is 0 Å². The number of aromatic nitrogens is 2. The van der Waals surface area contributed by atoms with Gasteiger partial charge in [0.05, 0.1) is 5.69 Å². The molecular formula is C16H23N3. The Morgan fingerprint density at radius 1 is 1.21 bits per heavy atom. The lowest BCUT2D eigenvalue weighted by molar-refractivity contribution is 0.373. The summed E-state index contributed by atoms with van der Waals surface area (Å²) in [5.41, 5.74) is 2.12. The Hall–Kier alpha value is -1.77. The molecule has 0 bridgehead atoms. The van der Waals surface area contributed by atoms with Crippen LogP contribution >= 0.6 is 0 Å². The molecule has 0 saturated carbocycles. The molecule has 1 heterocycles. The quantitative estimate of drug-likeness (QED) is 0.852. The standard InChI is InChI=1S/C16H23N3/c1-5-12(2)14(4)19-11-13(3)17-16(19)18-15-9-7-6-8-10-15/h6-12,14H,5H2,1-4H3,(H,17,18). The molecule has 0 aliphatic carbocycles. The van der Waals surface area contributed by atoms with E-state index >= 15 is 0 Å². The van der Waals surface area contributed by atoms with Crippen molar-refractivity contribution in [3.63, 3.8) is 0 Å². The first kappa shape index (κ1) is 13.7. The first-order valence-corrected chi connectivity index (χ1v) is 6.99. The third kappa shape index (κ3) is 3.16. The first-order valence-electron chi connectivity index (χ1n) is 6.99. The number of hydrogen-bond acceptors (Lipinski definition) is 2. The van der Waals surface area contributed by atoms with Gasteiger partial charge in [-0.2, -0.15) is 0 Å². The number of nitrogens with zero attached hydrogens (tertiary/aromatic N) is 2. The van der Waals surface area contributed by atoms with Gasteiger partial charge in [-0.25, -0.2) is 4.98 Å². The van der Waals surface area contributed by atoms with Gasteiger partial charge < -0.3 is 9.88 Å². The van der Waals surface area contributed by atoms with E-state index in [1.165, 1.54) is 6.42 Å². The van der Waals surface area contributed by atoms with E-state index in [0.717, 1.165) is 17.3 Å². The second kappa shape index (κ2) is 5.91. The number of hydrogen-bond donors (Lipinski definition) is 1. The Morgan fingerprint density at radius 3 is 2.53 bits per heavy atom. The zero-order chi connectivity index (χ0) is 13.8. The number of aryl methyl sites for hydroxylation is 1. The van der Waals surface area contributed by atoms with Crippen molar-refractivity contribution < 1.29 is 0 Å². The van der Waals surface area contributed by atoms with Gasteiger partial charge in [0.15, 0.2) is 0 Å². The topological polar surface area (TPSA) is 29.9 Å². The molecule has 2 aromatic rings. The maximum absolute atomic E-state index is 4.60. The second-order valence-electron chi connectivity index (χ2n) is 5.23. The van der Waals surface area contributed by atoms with Crippen molar-refractivity contribution in [1.29, 1.82) is 0 Å². The lowest BCUT2D eigenvalue weighted by atomic mass is 10.0. The molecule has 102 valence electrons. The van der Waals surface area contributed by atoms with Gasteiger partial charge in [0.2, 0.25) is 5.95 Å². The molecule has 1 N–H and O–H groups in total. The Bertz CT molecular complexity index is 516. The normalized spacial score (nSPS) is 14.1. The van der Waals surface area contributed by atoms with E-state index in [4.69, 9.17) is 0 Å². The molecule has 0 aliphatic rings. The van der Waals surface area contributed by atoms with E-state index in [0.29, 0.717) is 12.0 Å². The van der Waals surface area contributed by atoms with Crippen LogP contribution in [0.15, 0.2) is 36.5 Å². The highest BCUT2D eigenvalue weighted by Crippen LogP contribution is 2.26. The van der Waals surface area contributed by atoms with Crippen LogP contribution in [-0.4, -0.2) is 9.55 Å². The summed E-state index contributed by atoms with van der Waals surface area (Å²) in [6.07, 6.45) is 3.30. The summed E-state index contributed by atoms with van der Waals surface area (Å²) in [6.45, 7) is 8.81. The van der Waals surface area contributed by atoms with Crippen molar-refractivity contribution in [2.24, 2.45) is 5.92 Å². The maximum Gasteiger partial charge on any atom is 0.207 e. The molecule has 1 aromatic carbocycles. The molecule has 3 nitrogen and oxygen atoms in total. The first-order chi connectivity index (χ1) is 9.11. The molecule has 19 heavy (non-hydrogen) atoms. The zero-order valence-electron chi connectivity index (χ0n) is 12.2. The van der Waals surface area contributed by atoms with Crippen molar-refractivity contribution in [2.75, 3.05) is 5.32 Å². The van der Waals surface area contributed by atoms with Gasteiger partial charge in [0.25, 0.3) is 0 Å². The second-order valence-corrected chi connectivity index (χ2v) is 5.23. The van der Waals surface area contributed by atoms with Crippen molar-refractivity contribution in [1.82, 2.24) is 9.55 Å². The molecule has 2 rings (SSSR count). The Labute approximate surface area is 115 Å². The fraction of sp³-hybridized carbons (Fsp3) is 0.438. The van der Waals surface area contributed by atoms with E-state index in [-0.39, 0.29) is 0 Å². The number of para-hydroxylation sites is 1. The van der Waals surface area contributed by atoms with Crippen LogP contribution in [0.5, 0.6) is 0 Å². The molecular weight excluding hydrogens is 234 g/mol. The molecule has 0 saturated heterocycles. The van der Waals surface area contributed by atoms with Crippen LogP contribution in [-0.2, 0) is 0 Å². The summed E-state index contributed by atoms with van der Waals surface area (Å²) in [6, 6.07) is 10.6. The molecule has 0 radical (unpaired) electrons. The van der Waals surface area contributed by atoms with Gasteiger partial charge >= 0.3 is 0 Å². The monoisotopic (exact) mass is 257 g/mol. The fourth-order valence-electron chi connectivity index (χ4n) is 2.18. The van der Waals surface area contributed by atoms with Gasteiger partial charge in [0, 0.05) is 17.9 Å². The number of anilines is 2. The minimum absolute atomic E-state index is 0.442. The number of nitrogens with one attached hydrogen (secondary N) is 1. The predicted octanol–water partition coefficient (Wildman–Crippen LogP) is 4.54. The van der Waals surface area contributed by atoms with Gasteiger partial charge in [-0.1, -0.05) is 38.5 Å². The van der Waals surface area contributed by atoms with Gasteiger partial charge in [0.1, 0.15) is 0 Å². The number of imidazole rings is 1.